The van der Waals surface area contributed by atoms with Crippen LogP contribution in [0, 0.1) is 0 Å². The molecular formula is C15H23ClN2O3. The van der Waals surface area contributed by atoms with Crippen LogP contribution in [-0.2, 0) is 9.53 Å². The Labute approximate surface area is 132 Å². The molecule has 1 aliphatic heterocycles. The lowest BCUT2D eigenvalue weighted by Gasteiger charge is -2.19. The van der Waals surface area contributed by atoms with E-state index in [1.165, 1.54) is 0 Å². The molecule has 0 spiro atoms. The highest BCUT2D eigenvalue weighted by Gasteiger charge is 2.14. The maximum Gasteiger partial charge on any atom is 0.248 e. The fourth-order valence-corrected chi connectivity index (χ4v) is 2.08. The number of benzene rings is 1. The van der Waals surface area contributed by atoms with Gasteiger partial charge in [0, 0.05) is 19.6 Å². The number of nitrogens with one attached hydrogen (secondary N) is 1. The fraction of sp³-hybridized carbons (Fsp3) is 0.533. The second-order valence-corrected chi connectivity index (χ2v) is 4.70. The predicted octanol–water partition coefficient (Wildman–Crippen LogP) is 1.33. The topological polar surface area (TPSA) is 50.8 Å². The molecule has 1 saturated heterocycles. The third-order valence-electron chi connectivity index (χ3n) is 3.16. The van der Waals surface area contributed by atoms with Crippen molar-refractivity contribution in [2.75, 3.05) is 46.0 Å². The summed E-state index contributed by atoms with van der Waals surface area (Å²) in [4.78, 5) is 13.8. The van der Waals surface area contributed by atoms with Crippen LogP contribution in [0.3, 0.4) is 0 Å². The molecule has 1 N–H and O–H groups in total. The van der Waals surface area contributed by atoms with Gasteiger partial charge in [0.1, 0.15) is 19.0 Å². The van der Waals surface area contributed by atoms with E-state index in [4.69, 9.17) is 9.47 Å². The van der Waals surface area contributed by atoms with Crippen molar-refractivity contribution >= 4 is 18.3 Å². The van der Waals surface area contributed by atoms with Gasteiger partial charge in [-0.1, -0.05) is 18.2 Å². The molecule has 0 radical (unpaired) electrons. The van der Waals surface area contributed by atoms with Crippen LogP contribution >= 0.6 is 12.4 Å². The number of para-hydroxylation sites is 1. The van der Waals surface area contributed by atoms with E-state index < -0.39 is 0 Å². The van der Waals surface area contributed by atoms with Crippen molar-refractivity contribution in [1.82, 2.24) is 10.2 Å². The van der Waals surface area contributed by atoms with Crippen LogP contribution < -0.4 is 10.1 Å². The Morgan fingerprint density at radius 2 is 1.95 bits per heavy atom. The van der Waals surface area contributed by atoms with E-state index in [1.807, 2.05) is 35.2 Å². The number of rotatable bonds is 6. The second kappa shape index (κ2) is 10.4. The molecule has 0 bridgehead atoms. The number of nitrogens with zero attached hydrogens (tertiary/aromatic N) is 1. The molecule has 21 heavy (non-hydrogen) atoms. The average molecular weight is 315 g/mol. The molecule has 6 heteroatoms. The maximum absolute atomic E-state index is 11.9. The van der Waals surface area contributed by atoms with Gasteiger partial charge in [-0.2, -0.15) is 0 Å². The minimum atomic E-state index is 0. The van der Waals surface area contributed by atoms with Gasteiger partial charge >= 0.3 is 0 Å². The number of hydrogen-bond acceptors (Lipinski definition) is 4. The Morgan fingerprint density at radius 3 is 2.76 bits per heavy atom. The monoisotopic (exact) mass is 314 g/mol. The number of carbonyl (C=O) groups excluding carboxylic acids is 1. The van der Waals surface area contributed by atoms with E-state index in [-0.39, 0.29) is 24.9 Å². The van der Waals surface area contributed by atoms with Gasteiger partial charge in [-0.25, -0.2) is 0 Å². The van der Waals surface area contributed by atoms with Crippen LogP contribution in [0.5, 0.6) is 5.75 Å². The second-order valence-electron chi connectivity index (χ2n) is 4.70. The first-order valence-corrected chi connectivity index (χ1v) is 7.10. The highest BCUT2D eigenvalue weighted by molar-refractivity contribution is 5.85. The summed E-state index contributed by atoms with van der Waals surface area (Å²) in [5.41, 5.74) is 0. The average Bonchev–Trinajstić information content (AvgIpc) is 2.77. The van der Waals surface area contributed by atoms with Crippen LogP contribution in [0.1, 0.15) is 6.42 Å². The van der Waals surface area contributed by atoms with Crippen molar-refractivity contribution in [3.05, 3.63) is 30.3 Å². The molecule has 5 nitrogen and oxygen atoms in total. The Morgan fingerprint density at radius 1 is 1.14 bits per heavy atom. The Bertz CT molecular complexity index is 395. The van der Waals surface area contributed by atoms with Crippen molar-refractivity contribution < 1.29 is 14.3 Å². The quantitative estimate of drug-likeness (QED) is 0.805. The SMILES string of the molecule is Cl.O=C(COCCOc1ccccc1)N1CCCNCC1. The van der Waals surface area contributed by atoms with Crippen LogP contribution in [-0.4, -0.2) is 56.8 Å². The number of hydrogen-bond donors (Lipinski definition) is 1. The van der Waals surface area contributed by atoms with Crippen molar-refractivity contribution in [3.8, 4) is 5.75 Å². The van der Waals surface area contributed by atoms with E-state index in [0.29, 0.717) is 13.2 Å². The largest absolute Gasteiger partial charge is 0.491 e. The van der Waals surface area contributed by atoms with Gasteiger partial charge in [0.05, 0.1) is 6.61 Å². The standard InChI is InChI=1S/C15H22N2O3.ClH/c18-15(17-9-4-7-16-8-10-17)13-19-11-12-20-14-5-2-1-3-6-14;/h1-3,5-6,16H,4,7-13H2;1H. The first-order chi connectivity index (χ1) is 9.86. The highest BCUT2D eigenvalue weighted by Crippen LogP contribution is 2.07. The first-order valence-electron chi connectivity index (χ1n) is 7.10. The Hall–Kier alpha value is -1.30. The molecule has 2 rings (SSSR count). The zero-order valence-corrected chi connectivity index (χ0v) is 12.9. The summed E-state index contributed by atoms with van der Waals surface area (Å²) in [6.45, 7) is 4.44. The Balaban J connectivity index is 0.00000220. The summed E-state index contributed by atoms with van der Waals surface area (Å²) in [5.74, 6) is 0.884. The number of amides is 1. The van der Waals surface area contributed by atoms with E-state index in [2.05, 4.69) is 5.32 Å². The Kier molecular flexibility index (Phi) is 8.82. The number of carbonyl (C=O) groups is 1. The zero-order valence-electron chi connectivity index (χ0n) is 12.1. The molecule has 1 aromatic carbocycles. The summed E-state index contributed by atoms with van der Waals surface area (Å²) in [5, 5.41) is 3.27. The summed E-state index contributed by atoms with van der Waals surface area (Å²) in [7, 11) is 0. The van der Waals surface area contributed by atoms with Crippen LogP contribution in [0.2, 0.25) is 0 Å². The summed E-state index contributed by atoms with van der Waals surface area (Å²) >= 11 is 0. The van der Waals surface area contributed by atoms with Gasteiger partial charge < -0.3 is 19.7 Å². The highest BCUT2D eigenvalue weighted by atomic mass is 35.5. The van der Waals surface area contributed by atoms with Crippen molar-refractivity contribution in [3.63, 3.8) is 0 Å². The smallest absolute Gasteiger partial charge is 0.248 e. The van der Waals surface area contributed by atoms with Crippen LogP contribution in [0.25, 0.3) is 0 Å². The molecule has 1 fully saturated rings. The molecule has 1 aliphatic rings. The van der Waals surface area contributed by atoms with E-state index in [9.17, 15) is 4.79 Å². The molecule has 1 amide bonds. The van der Waals surface area contributed by atoms with Gasteiger partial charge in [-0.3, -0.25) is 4.79 Å². The molecule has 0 aliphatic carbocycles. The molecule has 0 aromatic heterocycles. The fourth-order valence-electron chi connectivity index (χ4n) is 2.08. The molecule has 1 aromatic rings. The minimum absolute atomic E-state index is 0. The zero-order chi connectivity index (χ0) is 14.0. The van der Waals surface area contributed by atoms with Crippen molar-refractivity contribution in [2.24, 2.45) is 0 Å². The van der Waals surface area contributed by atoms with E-state index in [1.54, 1.807) is 0 Å². The van der Waals surface area contributed by atoms with Gasteiger partial charge in [-0.15, -0.1) is 12.4 Å². The summed E-state index contributed by atoms with van der Waals surface area (Å²) in [6.07, 6.45) is 1.00. The van der Waals surface area contributed by atoms with Crippen molar-refractivity contribution in [1.29, 1.82) is 0 Å². The van der Waals surface area contributed by atoms with Gasteiger partial charge in [-0.05, 0) is 25.1 Å². The lowest BCUT2D eigenvalue weighted by Crippen LogP contribution is -2.36. The van der Waals surface area contributed by atoms with Crippen LogP contribution in [0.4, 0.5) is 0 Å². The summed E-state index contributed by atoms with van der Waals surface area (Å²) < 4.78 is 10.9. The van der Waals surface area contributed by atoms with Gasteiger partial charge in [0.25, 0.3) is 0 Å². The van der Waals surface area contributed by atoms with Crippen molar-refractivity contribution in [2.45, 2.75) is 6.42 Å². The molecule has 0 atom stereocenters. The third-order valence-corrected chi connectivity index (χ3v) is 3.16. The molecule has 118 valence electrons. The van der Waals surface area contributed by atoms with Gasteiger partial charge in [0.15, 0.2) is 0 Å². The third kappa shape index (κ3) is 6.80. The van der Waals surface area contributed by atoms with Gasteiger partial charge in [0.2, 0.25) is 5.91 Å². The number of ether oxygens (including phenoxy) is 2. The molecule has 1 heterocycles. The van der Waals surface area contributed by atoms with E-state index in [0.717, 1.165) is 38.3 Å². The summed E-state index contributed by atoms with van der Waals surface area (Å²) in [6, 6.07) is 9.59. The lowest BCUT2D eigenvalue weighted by molar-refractivity contribution is -0.136. The van der Waals surface area contributed by atoms with E-state index >= 15 is 0 Å². The first kappa shape index (κ1) is 17.8. The minimum Gasteiger partial charge on any atom is -0.491 e. The lowest BCUT2D eigenvalue weighted by atomic mass is 10.3. The maximum atomic E-state index is 11.9. The molecular weight excluding hydrogens is 292 g/mol. The normalized spacial score (nSPS) is 15.0. The number of halogens is 1. The molecule has 0 unspecified atom stereocenters. The molecule has 0 saturated carbocycles. The van der Waals surface area contributed by atoms with Crippen LogP contribution in [0.15, 0.2) is 30.3 Å². The predicted molar refractivity (Wildman–Crippen MR) is 84.1 cm³/mol.